The van der Waals surface area contributed by atoms with E-state index in [1.54, 1.807) is 12.1 Å². The highest BCUT2D eigenvalue weighted by molar-refractivity contribution is 14.0. The maximum Gasteiger partial charge on any atom is 0.242 e. The molecule has 0 heterocycles. The molecule has 0 saturated carbocycles. The average molecular weight is 510 g/mol. The lowest BCUT2D eigenvalue weighted by molar-refractivity contribution is 0.520. The van der Waals surface area contributed by atoms with E-state index in [4.69, 9.17) is 0 Å². The maximum atomic E-state index is 12.1. The van der Waals surface area contributed by atoms with Crippen LogP contribution in [0.15, 0.2) is 34.2 Å². The summed E-state index contributed by atoms with van der Waals surface area (Å²) in [5.74, 6) is 0.793. The Morgan fingerprint density at radius 1 is 1.15 bits per heavy atom. The Morgan fingerprint density at radius 2 is 1.78 bits per heavy atom. The quantitative estimate of drug-likeness (QED) is 0.219. The van der Waals surface area contributed by atoms with Gasteiger partial charge in [0.2, 0.25) is 10.0 Å². The van der Waals surface area contributed by atoms with Crippen molar-refractivity contribution in [2.45, 2.75) is 63.9 Å². The van der Waals surface area contributed by atoms with E-state index in [1.165, 1.54) is 37.7 Å². The smallest absolute Gasteiger partial charge is 0.242 e. The molecule has 0 aliphatic rings. The van der Waals surface area contributed by atoms with Gasteiger partial charge in [-0.1, -0.05) is 38.3 Å². The Labute approximate surface area is 182 Å². The van der Waals surface area contributed by atoms with Crippen molar-refractivity contribution >= 4 is 40.0 Å². The summed E-state index contributed by atoms with van der Waals surface area (Å²) in [6, 6.07) is 7.26. The minimum atomic E-state index is -3.39. The lowest BCUT2D eigenvalue weighted by atomic mass is 10.1. The highest BCUT2D eigenvalue weighted by Crippen LogP contribution is 2.14. The first-order valence-electron chi connectivity index (χ1n) is 9.37. The van der Waals surface area contributed by atoms with Gasteiger partial charge in [-0.3, -0.25) is 0 Å². The first-order valence-corrected chi connectivity index (χ1v) is 10.8. The molecule has 0 aliphatic carbocycles. The maximum absolute atomic E-state index is 12.1. The molecule has 1 rings (SSSR count). The molecular weight excluding hydrogens is 475 g/mol. The third-order valence-electron chi connectivity index (χ3n) is 4.09. The first kappa shape index (κ1) is 26.1. The fraction of sp³-hybridized carbons (Fsp3) is 0.632. The number of sulfonamides is 1. The monoisotopic (exact) mass is 510 g/mol. The van der Waals surface area contributed by atoms with E-state index in [0.717, 1.165) is 24.5 Å². The van der Waals surface area contributed by atoms with E-state index in [0.29, 0.717) is 17.5 Å². The van der Waals surface area contributed by atoms with Gasteiger partial charge in [0.25, 0.3) is 0 Å². The zero-order chi connectivity index (χ0) is 19.6. The fourth-order valence-electron chi connectivity index (χ4n) is 2.47. The van der Waals surface area contributed by atoms with Gasteiger partial charge in [-0.15, -0.1) is 24.0 Å². The molecule has 0 fully saturated rings. The number of rotatable bonds is 10. The van der Waals surface area contributed by atoms with Crippen LogP contribution in [0.2, 0.25) is 0 Å². The molecule has 1 atom stereocenters. The van der Waals surface area contributed by atoms with Crippen molar-refractivity contribution in [2.75, 3.05) is 20.6 Å². The van der Waals surface area contributed by atoms with E-state index in [-0.39, 0.29) is 24.0 Å². The summed E-state index contributed by atoms with van der Waals surface area (Å²) >= 11 is 0. The number of hydrogen-bond donors (Lipinski definition) is 2. The largest absolute Gasteiger partial charge is 0.357 e. The molecular formula is C19H35IN4O2S. The van der Waals surface area contributed by atoms with Gasteiger partial charge in [0.05, 0.1) is 11.4 Å². The van der Waals surface area contributed by atoms with Crippen LogP contribution in [0.3, 0.4) is 0 Å². The number of nitrogens with zero attached hydrogens (tertiary/aromatic N) is 2. The standard InChI is InChI=1S/C19H34N4O2S.HI/c1-6-8-9-10-16(3)22-19(20-7-2)21-15-17-11-13-18(14-12-17)26(24,25)23(4)5;/h11-14,16H,6-10,15H2,1-5H3,(H2,20,21,22);1H. The van der Waals surface area contributed by atoms with E-state index in [9.17, 15) is 8.42 Å². The normalized spacial score (nSPS) is 13.2. The van der Waals surface area contributed by atoms with Crippen molar-refractivity contribution in [1.29, 1.82) is 0 Å². The highest BCUT2D eigenvalue weighted by Gasteiger charge is 2.16. The Bertz CT molecular complexity index is 661. The Hall–Kier alpha value is -0.870. The number of nitrogens with one attached hydrogen (secondary N) is 2. The van der Waals surface area contributed by atoms with E-state index < -0.39 is 10.0 Å². The van der Waals surface area contributed by atoms with Crippen molar-refractivity contribution in [2.24, 2.45) is 4.99 Å². The van der Waals surface area contributed by atoms with Crippen molar-refractivity contribution in [1.82, 2.24) is 14.9 Å². The minimum absolute atomic E-state index is 0. The molecule has 8 heteroatoms. The number of benzene rings is 1. The number of hydrogen-bond acceptors (Lipinski definition) is 3. The molecule has 0 radical (unpaired) electrons. The second kappa shape index (κ2) is 13.3. The summed E-state index contributed by atoms with van der Waals surface area (Å²) in [4.78, 5) is 4.91. The molecule has 6 nitrogen and oxygen atoms in total. The lowest BCUT2D eigenvalue weighted by Crippen LogP contribution is -2.42. The summed E-state index contributed by atoms with van der Waals surface area (Å²) in [6.07, 6.45) is 4.81. The molecule has 0 aliphatic heterocycles. The summed E-state index contributed by atoms with van der Waals surface area (Å²) in [5, 5.41) is 6.70. The molecule has 156 valence electrons. The summed E-state index contributed by atoms with van der Waals surface area (Å²) < 4.78 is 25.4. The molecule has 1 unspecified atom stereocenters. The van der Waals surface area contributed by atoms with E-state index >= 15 is 0 Å². The van der Waals surface area contributed by atoms with Crippen molar-refractivity contribution in [3.63, 3.8) is 0 Å². The van der Waals surface area contributed by atoms with Gasteiger partial charge in [-0.2, -0.15) is 0 Å². The summed E-state index contributed by atoms with van der Waals surface area (Å²) in [6.45, 7) is 7.72. The minimum Gasteiger partial charge on any atom is -0.357 e. The molecule has 0 saturated heterocycles. The van der Waals surface area contributed by atoms with Crippen LogP contribution in [0, 0.1) is 0 Å². The van der Waals surface area contributed by atoms with Gasteiger partial charge >= 0.3 is 0 Å². The fourth-order valence-corrected chi connectivity index (χ4v) is 3.38. The van der Waals surface area contributed by atoms with Crippen molar-refractivity contribution < 1.29 is 8.42 Å². The molecule has 0 bridgehead atoms. The second-order valence-corrected chi connectivity index (χ2v) is 8.82. The molecule has 0 amide bonds. The van der Waals surface area contributed by atoms with Gasteiger partial charge in [-0.05, 0) is 38.0 Å². The molecule has 1 aromatic carbocycles. The zero-order valence-corrected chi connectivity index (χ0v) is 20.3. The molecule has 0 aromatic heterocycles. The molecule has 27 heavy (non-hydrogen) atoms. The van der Waals surface area contributed by atoms with E-state index in [2.05, 4.69) is 29.5 Å². The zero-order valence-electron chi connectivity index (χ0n) is 17.2. The number of unbranched alkanes of at least 4 members (excludes halogenated alkanes) is 2. The van der Waals surface area contributed by atoms with Crippen LogP contribution in [0.25, 0.3) is 0 Å². The van der Waals surface area contributed by atoms with Crippen LogP contribution in [0.5, 0.6) is 0 Å². The van der Waals surface area contributed by atoms with Gasteiger partial charge < -0.3 is 10.6 Å². The third-order valence-corrected chi connectivity index (χ3v) is 5.92. The Kier molecular flexibility index (Phi) is 12.9. The van der Waals surface area contributed by atoms with Crippen LogP contribution in [-0.2, 0) is 16.6 Å². The van der Waals surface area contributed by atoms with Crippen LogP contribution in [-0.4, -0.2) is 45.4 Å². The number of guanidine groups is 1. The van der Waals surface area contributed by atoms with Crippen LogP contribution < -0.4 is 10.6 Å². The Balaban J connectivity index is 0.00000676. The van der Waals surface area contributed by atoms with Gasteiger partial charge in [-0.25, -0.2) is 17.7 Å². The van der Waals surface area contributed by atoms with Crippen LogP contribution in [0.1, 0.15) is 52.0 Å². The molecule has 1 aromatic rings. The van der Waals surface area contributed by atoms with E-state index in [1.807, 2.05) is 19.1 Å². The van der Waals surface area contributed by atoms with Gasteiger partial charge in [0.15, 0.2) is 5.96 Å². The predicted octanol–water partition coefficient (Wildman–Crippen LogP) is 3.58. The SMILES string of the molecule is CCCCCC(C)NC(=NCc1ccc(S(=O)(=O)N(C)C)cc1)NCC.I. The second-order valence-electron chi connectivity index (χ2n) is 6.67. The Morgan fingerprint density at radius 3 is 2.30 bits per heavy atom. The third kappa shape index (κ3) is 9.25. The molecule has 2 N–H and O–H groups in total. The van der Waals surface area contributed by atoms with Crippen molar-refractivity contribution in [3.8, 4) is 0 Å². The number of halogens is 1. The molecule has 0 spiro atoms. The summed E-state index contributed by atoms with van der Waals surface area (Å²) in [7, 11) is -0.325. The van der Waals surface area contributed by atoms with Gasteiger partial charge in [0, 0.05) is 26.7 Å². The van der Waals surface area contributed by atoms with Crippen LogP contribution in [0.4, 0.5) is 0 Å². The van der Waals surface area contributed by atoms with Crippen LogP contribution >= 0.6 is 24.0 Å². The average Bonchev–Trinajstić information content (AvgIpc) is 2.60. The first-order chi connectivity index (χ1) is 12.3. The lowest BCUT2D eigenvalue weighted by Gasteiger charge is -2.17. The highest BCUT2D eigenvalue weighted by atomic mass is 127. The number of aliphatic imine (C=N–C) groups is 1. The summed E-state index contributed by atoms with van der Waals surface area (Å²) in [5.41, 5.74) is 0.971. The predicted molar refractivity (Wildman–Crippen MR) is 124 cm³/mol. The van der Waals surface area contributed by atoms with Gasteiger partial charge in [0.1, 0.15) is 0 Å². The van der Waals surface area contributed by atoms with Crippen molar-refractivity contribution in [3.05, 3.63) is 29.8 Å². The topological polar surface area (TPSA) is 73.8 Å².